The fourth-order valence-electron chi connectivity index (χ4n) is 8.67. The van der Waals surface area contributed by atoms with E-state index < -0.39 is 0 Å². The van der Waals surface area contributed by atoms with Crippen molar-refractivity contribution in [1.82, 2.24) is 9.97 Å². The van der Waals surface area contributed by atoms with E-state index in [1.165, 1.54) is 53.5 Å². The van der Waals surface area contributed by atoms with E-state index in [2.05, 4.69) is 91.0 Å². The number of nitrogens with zero attached hydrogens (tertiary/aromatic N) is 2. The van der Waals surface area contributed by atoms with Crippen molar-refractivity contribution in [2.45, 2.75) is 42.9 Å². The van der Waals surface area contributed by atoms with Crippen molar-refractivity contribution in [3.8, 4) is 56.2 Å². The van der Waals surface area contributed by atoms with Gasteiger partial charge < -0.3 is 4.42 Å². The van der Waals surface area contributed by atoms with Gasteiger partial charge in [0.05, 0.1) is 11.4 Å². The minimum Gasteiger partial charge on any atom is -0.456 e. The Morgan fingerprint density at radius 2 is 1.20 bits per heavy atom. The van der Waals surface area contributed by atoms with Crippen molar-refractivity contribution < 1.29 is 4.42 Å². The standard InChI is InChI=1S/C47H36N2OS/c51-46-17-9-8-16-41(46)43-28-42(48-47(49-43)29-10-2-1-3-11-29)33-20-23-40-39-22-19-31(26-44(39)50-45(40)27-33)30-18-21-36-34(24-30)25-32-12-4-5-13-35(32)37-14-6-7-15-38(36)37/h1-3,6-11,14-24,26-28,32,35,51H,4-5,12-13,25H2. The number of fused-ring (bicyclic) bond motifs is 8. The van der Waals surface area contributed by atoms with Gasteiger partial charge in [0.2, 0.25) is 0 Å². The minimum atomic E-state index is 0.667. The molecule has 51 heavy (non-hydrogen) atoms. The molecule has 0 amide bonds. The Labute approximate surface area is 303 Å². The van der Waals surface area contributed by atoms with Gasteiger partial charge >= 0.3 is 0 Å². The van der Waals surface area contributed by atoms with Crippen LogP contribution >= 0.6 is 12.6 Å². The van der Waals surface area contributed by atoms with E-state index in [9.17, 15) is 0 Å². The second-order valence-corrected chi connectivity index (χ2v) is 14.7. The van der Waals surface area contributed by atoms with Gasteiger partial charge in [-0.2, -0.15) is 0 Å². The van der Waals surface area contributed by atoms with Crippen LogP contribution in [0.2, 0.25) is 0 Å². The van der Waals surface area contributed by atoms with Crippen molar-refractivity contribution in [3.63, 3.8) is 0 Å². The predicted octanol–water partition coefficient (Wildman–Crippen LogP) is 12.8. The second-order valence-electron chi connectivity index (χ2n) is 14.2. The summed E-state index contributed by atoms with van der Waals surface area (Å²) in [5.41, 5.74) is 14.6. The van der Waals surface area contributed by atoms with E-state index in [0.717, 1.165) is 61.3 Å². The summed E-state index contributed by atoms with van der Waals surface area (Å²) in [6.07, 6.45) is 6.47. The molecule has 0 saturated heterocycles. The molecule has 2 aliphatic rings. The van der Waals surface area contributed by atoms with Gasteiger partial charge in [-0.05, 0) is 101 Å². The third kappa shape index (κ3) is 5.37. The van der Waals surface area contributed by atoms with Crippen LogP contribution in [0.5, 0.6) is 0 Å². The van der Waals surface area contributed by atoms with Crippen LogP contribution in [0.15, 0.2) is 149 Å². The van der Waals surface area contributed by atoms with Gasteiger partial charge in [0.25, 0.3) is 0 Å². The van der Waals surface area contributed by atoms with E-state index in [4.69, 9.17) is 27.0 Å². The summed E-state index contributed by atoms with van der Waals surface area (Å²) in [4.78, 5) is 10.9. The van der Waals surface area contributed by atoms with Gasteiger partial charge in [0, 0.05) is 32.4 Å². The number of hydrogen-bond acceptors (Lipinski definition) is 4. The largest absolute Gasteiger partial charge is 0.456 e. The van der Waals surface area contributed by atoms with Crippen molar-refractivity contribution in [2.24, 2.45) is 5.92 Å². The highest BCUT2D eigenvalue weighted by Gasteiger charge is 2.32. The zero-order chi connectivity index (χ0) is 33.9. The van der Waals surface area contributed by atoms with Crippen LogP contribution in [-0.4, -0.2) is 9.97 Å². The SMILES string of the molecule is Sc1ccccc1-c1cc(-c2ccc3c(c2)oc2cc(-c4ccc5c(c4)CC4CCCCC4c4ccccc4-5)ccc23)nc(-c2ccccc2)n1. The predicted molar refractivity (Wildman–Crippen MR) is 212 cm³/mol. The van der Waals surface area contributed by atoms with Gasteiger partial charge in [-0.1, -0.05) is 116 Å². The van der Waals surface area contributed by atoms with Gasteiger partial charge in [-0.25, -0.2) is 9.97 Å². The molecule has 0 radical (unpaired) electrons. The summed E-state index contributed by atoms with van der Waals surface area (Å²) in [6, 6.07) is 49.6. The average molecular weight is 677 g/mol. The van der Waals surface area contributed by atoms with Crippen LogP contribution in [0, 0.1) is 5.92 Å². The molecule has 2 aliphatic carbocycles. The Morgan fingerprint density at radius 1 is 0.529 bits per heavy atom. The maximum absolute atomic E-state index is 6.62. The van der Waals surface area contributed by atoms with Crippen molar-refractivity contribution in [1.29, 1.82) is 0 Å². The molecule has 2 atom stereocenters. The molecule has 1 saturated carbocycles. The van der Waals surface area contributed by atoms with Crippen LogP contribution in [0.3, 0.4) is 0 Å². The average Bonchev–Trinajstić information content (AvgIpc) is 3.48. The first-order chi connectivity index (χ1) is 25.2. The first-order valence-electron chi connectivity index (χ1n) is 18.1. The lowest BCUT2D eigenvalue weighted by molar-refractivity contribution is 0.308. The zero-order valence-electron chi connectivity index (χ0n) is 28.2. The van der Waals surface area contributed by atoms with Gasteiger partial charge in [0.1, 0.15) is 11.2 Å². The molecule has 246 valence electrons. The molecule has 0 aliphatic heterocycles. The molecular formula is C47H36N2OS. The highest BCUT2D eigenvalue weighted by atomic mass is 32.1. The highest BCUT2D eigenvalue weighted by Crippen LogP contribution is 2.48. The Balaban J connectivity index is 1.04. The van der Waals surface area contributed by atoms with Crippen molar-refractivity contribution >= 4 is 34.6 Å². The third-order valence-corrected chi connectivity index (χ3v) is 11.6. The topological polar surface area (TPSA) is 38.9 Å². The van der Waals surface area contributed by atoms with E-state index in [1.807, 2.05) is 48.5 Å². The first-order valence-corrected chi connectivity index (χ1v) is 18.5. The number of furan rings is 1. The fourth-order valence-corrected chi connectivity index (χ4v) is 8.95. The second kappa shape index (κ2) is 12.4. The summed E-state index contributed by atoms with van der Waals surface area (Å²) in [7, 11) is 0. The summed E-state index contributed by atoms with van der Waals surface area (Å²) >= 11 is 4.75. The molecule has 8 aromatic rings. The molecule has 2 unspecified atom stereocenters. The summed E-state index contributed by atoms with van der Waals surface area (Å²) in [5.74, 6) is 2.06. The van der Waals surface area contributed by atoms with Gasteiger partial charge in [0.15, 0.2) is 5.82 Å². The van der Waals surface area contributed by atoms with Crippen LogP contribution in [0.4, 0.5) is 0 Å². The highest BCUT2D eigenvalue weighted by molar-refractivity contribution is 7.80. The normalized spacial score (nSPS) is 16.7. The molecule has 2 aromatic heterocycles. The fraction of sp³-hybridized carbons (Fsp3) is 0.149. The molecule has 3 nitrogen and oxygen atoms in total. The molecular weight excluding hydrogens is 641 g/mol. The Bertz CT molecular complexity index is 2600. The molecule has 4 heteroatoms. The molecule has 0 N–H and O–H groups in total. The molecule has 6 aromatic carbocycles. The van der Waals surface area contributed by atoms with Crippen molar-refractivity contribution in [2.75, 3.05) is 0 Å². The quantitative estimate of drug-likeness (QED) is 0.189. The maximum atomic E-state index is 6.62. The number of benzene rings is 6. The Morgan fingerprint density at radius 3 is 2.04 bits per heavy atom. The Kier molecular flexibility index (Phi) is 7.39. The lowest BCUT2D eigenvalue weighted by Gasteiger charge is -2.31. The van der Waals surface area contributed by atoms with Crippen LogP contribution in [0.1, 0.15) is 42.7 Å². The molecule has 1 fully saturated rings. The minimum absolute atomic E-state index is 0.667. The number of rotatable bonds is 4. The number of thiol groups is 1. The van der Waals surface area contributed by atoms with Gasteiger partial charge in [-0.15, -0.1) is 12.6 Å². The van der Waals surface area contributed by atoms with E-state index in [0.29, 0.717) is 17.7 Å². The molecule has 0 bridgehead atoms. The van der Waals surface area contributed by atoms with Crippen molar-refractivity contribution in [3.05, 3.63) is 151 Å². The Hall–Kier alpha value is -5.45. The van der Waals surface area contributed by atoms with Crippen LogP contribution in [0.25, 0.3) is 78.1 Å². The summed E-state index contributed by atoms with van der Waals surface area (Å²) in [5, 5.41) is 2.21. The van der Waals surface area contributed by atoms with Crippen LogP contribution in [-0.2, 0) is 6.42 Å². The lowest BCUT2D eigenvalue weighted by Crippen LogP contribution is -2.18. The molecule has 0 spiro atoms. The van der Waals surface area contributed by atoms with Crippen LogP contribution < -0.4 is 0 Å². The monoisotopic (exact) mass is 676 g/mol. The molecule has 2 heterocycles. The number of hydrogen-bond donors (Lipinski definition) is 1. The first kappa shape index (κ1) is 30.4. The lowest BCUT2D eigenvalue weighted by atomic mass is 9.74. The van der Waals surface area contributed by atoms with E-state index in [1.54, 1.807) is 5.56 Å². The molecule has 10 rings (SSSR count). The maximum Gasteiger partial charge on any atom is 0.160 e. The smallest absolute Gasteiger partial charge is 0.160 e. The zero-order valence-corrected chi connectivity index (χ0v) is 29.1. The van der Waals surface area contributed by atoms with Gasteiger partial charge in [-0.3, -0.25) is 0 Å². The number of aromatic nitrogens is 2. The third-order valence-electron chi connectivity index (χ3n) is 11.2. The van der Waals surface area contributed by atoms with E-state index in [-0.39, 0.29) is 0 Å². The van der Waals surface area contributed by atoms with E-state index >= 15 is 0 Å². The summed E-state index contributed by atoms with van der Waals surface area (Å²) < 4.78 is 6.62. The summed E-state index contributed by atoms with van der Waals surface area (Å²) in [6.45, 7) is 0.